The first kappa shape index (κ1) is 13.2. The highest BCUT2D eigenvalue weighted by Crippen LogP contribution is 2.34. The summed E-state index contributed by atoms with van der Waals surface area (Å²) in [6, 6.07) is 15.6. The Morgan fingerprint density at radius 2 is 1.95 bits per heavy atom. The number of anilines is 1. The van der Waals surface area contributed by atoms with Crippen molar-refractivity contribution in [3.63, 3.8) is 0 Å². The molecule has 0 aromatic heterocycles. The third-order valence-electron chi connectivity index (χ3n) is 4.07. The van der Waals surface area contributed by atoms with Gasteiger partial charge in [-0.2, -0.15) is 0 Å². The summed E-state index contributed by atoms with van der Waals surface area (Å²) in [5, 5.41) is 12.6. The minimum absolute atomic E-state index is 0.210. The number of hydrogen-bond donors (Lipinski definition) is 2. The molecular formula is C18H21NO. The molecule has 1 aliphatic rings. The predicted molar refractivity (Wildman–Crippen MR) is 83.1 cm³/mol. The van der Waals surface area contributed by atoms with E-state index in [4.69, 9.17) is 5.11 Å². The highest BCUT2D eigenvalue weighted by atomic mass is 16.2. The van der Waals surface area contributed by atoms with E-state index in [1.807, 2.05) is 0 Å². The van der Waals surface area contributed by atoms with Gasteiger partial charge in [0.05, 0.1) is 6.04 Å². The number of nitrogens with one attached hydrogen (secondary N) is 1. The number of aliphatic hydroxyl groups excluding tert-OH is 1. The molecule has 2 aromatic rings. The SMILES string of the molecule is Cc1ccc2c(c1)C(Nc1ccc(CCO)cc1)CC2. The van der Waals surface area contributed by atoms with Gasteiger partial charge in [-0.1, -0.05) is 35.9 Å². The molecule has 104 valence electrons. The highest BCUT2D eigenvalue weighted by Gasteiger charge is 2.21. The van der Waals surface area contributed by atoms with Gasteiger partial charge in [0.25, 0.3) is 0 Å². The standard InChI is InChI=1S/C18H21NO/c1-13-2-5-15-6-9-18(17(15)12-13)19-16-7-3-14(4-8-16)10-11-20/h2-5,7-8,12,18-20H,6,9-11H2,1H3. The quantitative estimate of drug-likeness (QED) is 0.886. The summed E-state index contributed by atoms with van der Waals surface area (Å²) in [5.74, 6) is 0. The molecule has 2 N–H and O–H groups in total. The van der Waals surface area contributed by atoms with Crippen molar-refractivity contribution in [1.82, 2.24) is 0 Å². The van der Waals surface area contributed by atoms with Crippen LogP contribution in [0.3, 0.4) is 0 Å². The lowest BCUT2D eigenvalue weighted by atomic mass is 10.0. The van der Waals surface area contributed by atoms with Crippen molar-refractivity contribution in [3.8, 4) is 0 Å². The summed E-state index contributed by atoms with van der Waals surface area (Å²) >= 11 is 0. The number of rotatable bonds is 4. The van der Waals surface area contributed by atoms with Crippen LogP contribution < -0.4 is 5.32 Å². The highest BCUT2D eigenvalue weighted by molar-refractivity contribution is 5.49. The Balaban J connectivity index is 1.75. The first-order valence-electron chi connectivity index (χ1n) is 7.32. The Bertz CT molecular complexity index is 589. The van der Waals surface area contributed by atoms with Crippen molar-refractivity contribution in [2.75, 3.05) is 11.9 Å². The molecule has 0 saturated carbocycles. The summed E-state index contributed by atoms with van der Waals surface area (Å²) in [4.78, 5) is 0. The topological polar surface area (TPSA) is 32.3 Å². The summed E-state index contributed by atoms with van der Waals surface area (Å²) in [6.07, 6.45) is 3.05. The number of aryl methyl sites for hydroxylation is 2. The Morgan fingerprint density at radius 3 is 2.70 bits per heavy atom. The molecule has 1 aliphatic carbocycles. The van der Waals surface area contributed by atoms with E-state index in [1.54, 1.807) is 0 Å². The van der Waals surface area contributed by atoms with Gasteiger partial charge in [0, 0.05) is 12.3 Å². The third kappa shape index (κ3) is 2.70. The maximum Gasteiger partial charge on any atom is 0.0519 e. The molecule has 0 saturated heterocycles. The lowest BCUT2D eigenvalue weighted by molar-refractivity contribution is 0.299. The minimum Gasteiger partial charge on any atom is -0.396 e. The Labute approximate surface area is 120 Å². The van der Waals surface area contributed by atoms with Crippen LogP contribution in [-0.4, -0.2) is 11.7 Å². The number of fused-ring (bicyclic) bond motifs is 1. The van der Waals surface area contributed by atoms with E-state index in [2.05, 4.69) is 54.7 Å². The molecule has 1 unspecified atom stereocenters. The van der Waals surface area contributed by atoms with E-state index >= 15 is 0 Å². The third-order valence-corrected chi connectivity index (χ3v) is 4.07. The minimum atomic E-state index is 0.210. The second-order valence-electron chi connectivity index (χ2n) is 5.61. The summed E-state index contributed by atoms with van der Waals surface area (Å²) in [6.45, 7) is 2.36. The Hall–Kier alpha value is -1.80. The fraction of sp³-hybridized carbons (Fsp3) is 0.333. The monoisotopic (exact) mass is 267 g/mol. The van der Waals surface area contributed by atoms with Crippen molar-refractivity contribution in [2.45, 2.75) is 32.2 Å². The van der Waals surface area contributed by atoms with Gasteiger partial charge in [-0.05, 0) is 55.0 Å². The second-order valence-corrected chi connectivity index (χ2v) is 5.61. The van der Waals surface area contributed by atoms with Crippen LogP contribution in [0.2, 0.25) is 0 Å². The first-order valence-corrected chi connectivity index (χ1v) is 7.32. The average Bonchev–Trinajstić information content (AvgIpc) is 2.84. The number of aliphatic hydroxyl groups is 1. The van der Waals surface area contributed by atoms with E-state index in [0.29, 0.717) is 6.04 Å². The van der Waals surface area contributed by atoms with Gasteiger partial charge in [0.15, 0.2) is 0 Å². The van der Waals surface area contributed by atoms with Crippen LogP contribution in [0.4, 0.5) is 5.69 Å². The average molecular weight is 267 g/mol. The predicted octanol–water partition coefficient (Wildman–Crippen LogP) is 3.63. The van der Waals surface area contributed by atoms with Crippen molar-refractivity contribution in [3.05, 3.63) is 64.7 Å². The van der Waals surface area contributed by atoms with Crippen molar-refractivity contribution >= 4 is 5.69 Å². The Morgan fingerprint density at radius 1 is 1.15 bits per heavy atom. The molecule has 0 aliphatic heterocycles. The van der Waals surface area contributed by atoms with E-state index in [-0.39, 0.29) is 6.61 Å². The molecule has 0 fully saturated rings. The van der Waals surface area contributed by atoms with Crippen LogP contribution >= 0.6 is 0 Å². The molecule has 1 atom stereocenters. The zero-order chi connectivity index (χ0) is 13.9. The van der Waals surface area contributed by atoms with Crippen LogP contribution in [-0.2, 0) is 12.8 Å². The van der Waals surface area contributed by atoms with E-state index in [0.717, 1.165) is 24.9 Å². The lowest BCUT2D eigenvalue weighted by Crippen LogP contribution is -2.07. The zero-order valence-electron chi connectivity index (χ0n) is 11.9. The van der Waals surface area contributed by atoms with Gasteiger partial charge < -0.3 is 10.4 Å². The summed E-state index contributed by atoms with van der Waals surface area (Å²) in [7, 11) is 0. The maximum atomic E-state index is 8.94. The Kier molecular flexibility index (Phi) is 3.75. The second kappa shape index (κ2) is 5.68. The van der Waals surface area contributed by atoms with E-state index < -0.39 is 0 Å². The van der Waals surface area contributed by atoms with Crippen LogP contribution in [0.25, 0.3) is 0 Å². The molecule has 0 radical (unpaired) electrons. The fourth-order valence-corrected chi connectivity index (χ4v) is 2.97. The van der Waals surface area contributed by atoms with Crippen molar-refractivity contribution < 1.29 is 5.11 Å². The molecule has 20 heavy (non-hydrogen) atoms. The van der Waals surface area contributed by atoms with Crippen molar-refractivity contribution in [2.24, 2.45) is 0 Å². The first-order chi connectivity index (χ1) is 9.76. The zero-order valence-corrected chi connectivity index (χ0v) is 11.9. The van der Waals surface area contributed by atoms with Crippen LogP contribution in [0.15, 0.2) is 42.5 Å². The smallest absolute Gasteiger partial charge is 0.0519 e. The van der Waals surface area contributed by atoms with Gasteiger partial charge in [-0.25, -0.2) is 0 Å². The van der Waals surface area contributed by atoms with E-state index in [1.165, 1.54) is 22.3 Å². The molecule has 0 amide bonds. The summed E-state index contributed by atoms with van der Waals surface area (Å²) < 4.78 is 0. The van der Waals surface area contributed by atoms with Gasteiger partial charge >= 0.3 is 0 Å². The molecule has 0 bridgehead atoms. The molecule has 0 heterocycles. The molecule has 2 nitrogen and oxygen atoms in total. The molecule has 3 rings (SSSR count). The molecular weight excluding hydrogens is 246 g/mol. The maximum absolute atomic E-state index is 8.94. The van der Waals surface area contributed by atoms with Gasteiger partial charge in [-0.3, -0.25) is 0 Å². The van der Waals surface area contributed by atoms with Gasteiger partial charge in [0.2, 0.25) is 0 Å². The molecule has 2 aromatic carbocycles. The normalized spacial score (nSPS) is 17.0. The number of hydrogen-bond acceptors (Lipinski definition) is 2. The summed E-state index contributed by atoms with van der Waals surface area (Å²) in [5.41, 5.74) is 6.59. The molecule has 0 spiro atoms. The van der Waals surface area contributed by atoms with Crippen LogP contribution in [0.5, 0.6) is 0 Å². The fourth-order valence-electron chi connectivity index (χ4n) is 2.97. The van der Waals surface area contributed by atoms with Gasteiger partial charge in [-0.15, -0.1) is 0 Å². The van der Waals surface area contributed by atoms with Crippen LogP contribution in [0, 0.1) is 6.92 Å². The lowest BCUT2D eigenvalue weighted by Gasteiger charge is -2.16. The van der Waals surface area contributed by atoms with Crippen molar-refractivity contribution in [1.29, 1.82) is 0 Å². The largest absolute Gasteiger partial charge is 0.396 e. The molecule has 2 heteroatoms. The van der Waals surface area contributed by atoms with Gasteiger partial charge in [0.1, 0.15) is 0 Å². The number of benzene rings is 2. The van der Waals surface area contributed by atoms with E-state index in [9.17, 15) is 0 Å². The van der Waals surface area contributed by atoms with Crippen LogP contribution in [0.1, 0.15) is 34.7 Å².